The molecule has 3 atom stereocenters. The number of sulfone groups is 1. The predicted molar refractivity (Wildman–Crippen MR) is 90.5 cm³/mol. The summed E-state index contributed by atoms with van der Waals surface area (Å²) in [6.45, 7) is 4.18. The molecule has 3 fully saturated rings. The van der Waals surface area contributed by atoms with Gasteiger partial charge in [-0.25, -0.2) is 8.42 Å². The first kappa shape index (κ1) is 17.0. The van der Waals surface area contributed by atoms with E-state index in [4.69, 9.17) is 5.73 Å². The van der Waals surface area contributed by atoms with Crippen LogP contribution >= 0.6 is 0 Å². The Morgan fingerprint density at radius 1 is 1.22 bits per heavy atom. The Hall–Kier alpha value is -0.880. The van der Waals surface area contributed by atoms with Gasteiger partial charge in [0.2, 0.25) is 5.91 Å². The number of carbonyl (C=O) groups is 1. The van der Waals surface area contributed by atoms with Crippen molar-refractivity contribution in [3.63, 3.8) is 0 Å². The van der Waals surface area contributed by atoms with Crippen LogP contribution in [0.5, 0.6) is 0 Å². The molecular weight excluding hydrogens is 312 g/mol. The summed E-state index contributed by atoms with van der Waals surface area (Å²) in [4.78, 5) is 14.8. The first-order valence-electron chi connectivity index (χ1n) is 8.78. The van der Waals surface area contributed by atoms with Crippen LogP contribution in [0.25, 0.3) is 0 Å². The van der Waals surface area contributed by atoms with Gasteiger partial charge >= 0.3 is 0 Å². The van der Waals surface area contributed by atoms with Gasteiger partial charge in [0.05, 0.1) is 11.5 Å². The number of nitrogens with two attached hydrogens (primary N) is 1. The lowest BCUT2D eigenvalue weighted by Gasteiger charge is -2.45. The van der Waals surface area contributed by atoms with E-state index in [1.165, 1.54) is 6.42 Å². The summed E-state index contributed by atoms with van der Waals surface area (Å²) in [6.07, 6.45) is 7.47. The maximum atomic E-state index is 13.1. The number of rotatable bonds is 4. The van der Waals surface area contributed by atoms with Gasteiger partial charge in [-0.05, 0) is 43.9 Å². The Bertz CT molecular complexity index is 560. The molecule has 2 aliphatic carbocycles. The number of amides is 1. The van der Waals surface area contributed by atoms with Gasteiger partial charge in [0.25, 0.3) is 0 Å². The largest absolute Gasteiger partial charge is 0.335 e. The zero-order valence-electron chi connectivity index (χ0n) is 13.7. The van der Waals surface area contributed by atoms with Gasteiger partial charge in [-0.2, -0.15) is 0 Å². The van der Waals surface area contributed by atoms with E-state index in [0.29, 0.717) is 24.8 Å². The minimum atomic E-state index is -3.00. The molecule has 0 radical (unpaired) electrons. The van der Waals surface area contributed by atoms with E-state index in [1.807, 2.05) is 0 Å². The van der Waals surface area contributed by atoms with Crippen LogP contribution in [-0.4, -0.2) is 49.4 Å². The van der Waals surface area contributed by atoms with Crippen molar-refractivity contribution in [2.24, 2.45) is 23.5 Å². The van der Waals surface area contributed by atoms with Crippen molar-refractivity contribution in [1.29, 1.82) is 0 Å². The van der Waals surface area contributed by atoms with Gasteiger partial charge in [-0.3, -0.25) is 4.79 Å². The van der Waals surface area contributed by atoms with Gasteiger partial charge in [0.15, 0.2) is 9.84 Å². The number of carbonyl (C=O) groups excluding carboxylic acids is 1. The van der Waals surface area contributed by atoms with Crippen LogP contribution in [-0.2, 0) is 14.6 Å². The summed E-state index contributed by atoms with van der Waals surface area (Å²) in [5.74, 6) is 1.33. The molecule has 1 aliphatic heterocycles. The van der Waals surface area contributed by atoms with E-state index < -0.39 is 9.84 Å². The van der Waals surface area contributed by atoms with E-state index in [2.05, 4.69) is 6.58 Å². The Morgan fingerprint density at radius 2 is 1.87 bits per heavy atom. The average Bonchev–Trinajstić information content (AvgIpc) is 2.83. The average molecular weight is 340 g/mol. The molecule has 23 heavy (non-hydrogen) atoms. The van der Waals surface area contributed by atoms with Crippen LogP contribution in [0.15, 0.2) is 12.7 Å². The van der Waals surface area contributed by atoms with Gasteiger partial charge in [-0.15, -0.1) is 6.58 Å². The summed E-state index contributed by atoms with van der Waals surface area (Å²) in [5, 5.41) is 0. The molecule has 5 nitrogen and oxygen atoms in total. The Morgan fingerprint density at radius 3 is 2.39 bits per heavy atom. The van der Waals surface area contributed by atoms with Crippen LogP contribution in [0.4, 0.5) is 0 Å². The Balaban J connectivity index is 1.72. The molecule has 1 heterocycles. The zero-order chi connectivity index (χ0) is 16.6. The molecule has 2 N–H and O–H groups in total. The van der Waals surface area contributed by atoms with Crippen molar-refractivity contribution in [1.82, 2.24) is 4.90 Å². The van der Waals surface area contributed by atoms with Crippen molar-refractivity contribution >= 4 is 15.7 Å². The molecule has 1 amide bonds. The first-order chi connectivity index (χ1) is 10.9. The van der Waals surface area contributed by atoms with Gasteiger partial charge in [0, 0.05) is 24.5 Å². The van der Waals surface area contributed by atoms with E-state index in [9.17, 15) is 13.2 Å². The second kappa shape index (κ2) is 6.55. The fourth-order valence-corrected chi connectivity index (χ4v) is 6.54. The third-order valence-electron chi connectivity index (χ3n) is 6.02. The smallest absolute Gasteiger partial charge is 0.226 e. The monoisotopic (exact) mass is 340 g/mol. The summed E-state index contributed by atoms with van der Waals surface area (Å²) < 4.78 is 23.5. The third-order valence-corrected chi connectivity index (χ3v) is 7.77. The van der Waals surface area contributed by atoms with Gasteiger partial charge in [0.1, 0.15) is 0 Å². The molecule has 3 rings (SSSR count). The maximum absolute atomic E-state index is 13.1. The van der Waals surface area contributed by atoms with Crippen LogP contribution in [0.1, 0.15) is 38.5 Å². The van der Waals surface area contributed by atoms with Gasteiger partial charge < -0.3 is 10.6 Å². The number of hydrogen-bond donors (Lipinski definition) is 1. The van der Waals surface area contributed by atoms with Crippen LogP contribution < -0.4 is 5.73 Å². The minimum absolute atomic E-state index is 0.00774. The third kappa shape index (κ3) is 3.48. The quantitative estimate of drug-likeness (QED) is 0.783. The lowest BCUT2D eigenvalue weighted by atomic mass is 9.65. The molecule has 6 heteroatoms. The van der Waals surface area contributed by atoms with Crippen LogP contribution in [0.2, 0.25) is 0 Å². The van der Waals surface area contributed by atoms with Crippen molar-refractivity contribution < 1.29 is 13.2 Å². The normalized spacial score (nSPS) is 38.9. The lowest BCUT2D eigenvalue weighted by molar-refractivity contribution is -0.140. The highest BCUT2D eigenvalue weighted by Crippen LogP contribution is 2.42. The molecule has 0 aromatic carbocycles. The van der Waals surface area contributed by atoms with Gasteiger partial charge in [-0.1, -0.05) is 12.5 Å². The van der Waals surface area contributed by atoms with Crippen molar-refractivity contribution in [3.05, 3.63) is 12.7 Å². The molecule has 0 spiro atoms. The Labute approximate surface area is 139 Å². The number of fused-ring (bicyclic) bond motifs is 2. The standard InChI is InChI=1S/C17H28N2O3S/c1-2-7-19(15-6-8-23(21,22)11-15)17(20)14-9-12-4-3-5-13(10-14)16(12)18/h2,12-16H,1,3-11,18H2. The molecule has 2 saturated carbocycles. The maximum Gasteiger partial charge on any atom is 0.226 e. The summed E-state index contributed by atoms with van der Waals surface area (Å²) in [6, 6.07) is 0.0634. The highest BCUT2D eigenvalue weighted by Gasteiger charge is 2.43. The van der Waals surface area contributed by atoms with Crippen molar-refractivity contribution in [2.75, 3.05) is 18.1 Å². The fourth-order valence-electron chi connectivity index (χ4n) is 4.80. The SMILES string of the molecule is C=CCN(C(=O)C1CC2CCCC(C1)C2N)C1CCS(=O)(=O)C1. The van der Waals surface area contributed by atoms with E-state index in [0.717, 1.165) is 25.7 Å². The molecule has 1 saturated heterocycles. The van der Waals surface area contributed by atoms with Crippen molar-refractivity contribution in [3.8, 4) is 0 Å². The fraction of sp³-hybridized carbons (Fsp3) is 0.824. The Kier molecular flexibility index (Phi) is 4.83. The van der Waals surface area contributed by atoms with Crippen LogP contribution in [0.3, 0.4) is 0 Å². The van der Waals surface area contributed by atoms with Crippen LogP contribution in [0, 0.1) is 17.8 Å². The second-order valence-electron chi connectivity index (χ2n) is 7.53. The molecule has 3 aliphatic rings. The molecule has 0 aromatic heterocycles. The topological polar surface area (TPSA) is 80.5 Å². The molecule has 2 bridgehead atoms. The molecule has 130 valence electrons. The summed E-state index contributed by atoms with van der Waals surface area (Å²) in [5.41, 5.74) is 6.32. The zero-order valence-corrected chi connectivity index (χ0v) is 14.5. The number of hydrogen-bond acceptors (Lipinski definition) is 4. The number of nitrogens with zero attached hydrogens (tertiary/aromatic N) is 1. The first-order valence-corrected chi connectivity index (χ1v) is 10.6. The van der Waals surface area contributed by atoms with Crippen molar-refractivity contribution in [2.45, 2.75) is 50.6 Å². The minimum Gasteiger partial charge on any atom is -0.335 e. The molecule has 3 unspecified atom stereocenters. The molecule has 0 aromatic rings. The van der Waals surface area contributed by atoms with E-state index in [-0.39, 0.29) is 35.4 Å². The van der Waals surface area contributed by atoms with E-state index in [1.54, 1.807) is 11.0 Å². The predicted octanol–water partition coefficient (Wildman–Crippen LogP) is 1.34. The lowest BCUT2D eigenvalue weighted by Crippen LogP contribution is -2.51. The second-order valence-corrected chi connectivity index (χ2v) is 9.76. The van der Waals surface area contributed by atoms with E-state index >= 15 is 0 Å². The summed E-state index contributed by atoms with van der Waals surface area (Å²) in [7, 11) is -3.00. The highest BCUT2D eigenvalue weighted by molar-refractivity contribution is 7.91. The highest BCUT2D eigenvalue weighted by atomic mass is 32.2. The molecular formula is C17H28N2O3S. The summed E-state index contributed by atoms with van der Waals surface area (Å²) >= 11 is 0.